The average molecular weight is 592 g/mol. The standard InChI is InChI=1S/C35H37N5O4/c1-4-5-15-39-29(34(28-9-7-6-8-10-28)36-35(39)40-25(3)16-24(2)37-40)21-38(19-26-11-13-30-32(17-26)43-22-41-30)20-27-12-14-31-33(18-27)44-23-42-31/h6-14,16-18H,4-5,15,19-23H2,1-3H3. The van der Waals surface area contributed by atoms with Crippen molar-refractivity contribution in [3.8, 4) is 40.2 Å². The van der Waals surface area contributed by atoms with E-state index in [-0.39, 0.29) is 13.6 Å². The summed E-state index contributed by atoms with van der Waals surface area (Å²) in [5.41, 5.74) is 7.56. The Kier molecular flexibility index (Phi) is 7.70. The van der Waals surface area contributed by atoms with Crippen LogP contribution in [0.3, 0.4) is 0 Å². The SMILES string of the molecule is CCCCn1c(-n2nc(C)cc2C)nc(-c2ccccc2)c1CN(Cc1ccc2c(c1)OCO2)Cc1ccc2c(c1)OCO2. The molecule has 0 saturated carbocycles. The number of aryl methyl sites for hydroxylation is 2. The molecule has 3 aromatic carbocycles. The van der Waals surface area contributed by atoms with Gasteiger partial charge >= 0.3 is 0 Å². The smallest absolute Gasteiger partial charge is 0.231 e. The van der Waals surface area contributed by atoms with Gasteiger partial charge in [0.25, 0.3) is 0 Å². The van der Waals surface area contributed by atoms with E-state index in [1.165, 1.54) is 0 Å². The molecule has 0 aliphatic carbocycles. The van der Waals surface area contributed by atoms with E-state index >= 15 is 0 Å². The van der Waals surface area contributed by atoms with Crippen LogP contribution in [-0.2, 0) is 26.2 Å². The molecule has 226 valence electrons. The van der Waals surface area contributed by atoms with Crippen LogP contribution < -0.4 is 18.9 Å². The Morgan fingerprint density at radius 3 is 1.98 bits per heavy atom. The summed E-state index contributed by atoms with van der Waals surface area (Å²) < 4.78 is 27.0. The lowest BCUT2D eigenvalue weighted by molar-refractivity contribution is 0.173. The largest absolute Gasteiger partial charge is 0.454 e. The molecule has 0 radical (unpaired) electrons. The number of hydrogen-bond acceptors (Lipinski definition) is 7. The second-order valence-corrected chi connectivity index (χ2v) is 11.4. The molecule has 0 amide bonds. The minimum Gasteiger partial charge on any atom is -0.454 e. The molecule has 7 rings (SSSR count). The molecule has 0 bridgehead atoms. The van der Waals surface area contributed by atoms with Crippen molar-refractivity contribution in [3.63, 3.8) is 0 Å². The monoisotopic (exact) mass is 591 g/mol. The van der Waals surface area contributed by atoms with Crippen molar-refractivity contribution in [2.75, 3.05) is 13.6 Å². The average Bonchev–Trinajstić information content (AvgIpc) is 3.82. The van der Waals surface area contributed by atoms with Crippen LogP contribution in [0.25, 0.3) is 17.2 Å². The number of hydrogen-bond donors (Lipinski definition) is 0. The van der Waals surface area contributed by atoms with Gasteiger partial charge in [-0.1, -0.05) is 55.8 Å². The molecule has 0 unspecified atom stereocenters. The van der Waals surface area contributed by atoms with Crippen molar-refractivity contribution in [2.45, 2.75) is 59.8 Å². The summed E-state index contributed by atoms with van der Waals surface area (Å²) in [4.78, 5) is 7.75. The maximum absolute atomic E-state index is 5.72. The third-order valence-corrected chi connectivity index (χ3v) is 8.09. The summed E-state index contributed by atoms with van der Waals surface area (Å²) in [6.45, 7) is 9.78. The van der Waals surface area contributed by atoms with Crippen LogP contribution in [0.4, 0.5) is 0 Å². The van der Waals surface area contributed by atoms with Gasteiger partial charge in [0.1, 0.15) is 0 Å². The second-order valence-electron chi connectivity index (χ2n) is 11.4. The number of rotatable bonds is 11. The topological polar surface area (TPSA) is 75.8 Å². The fraction of sp³-hybridized carbons (Fsp3) is 0.314. The third-order valence-electron chi connectivity index (χ3n) is 8.09. The van der Waals surface area contributed by atoms with Crippen molar-refractivity contribution < 1.29 is 18.9 Å². The lowest BCUT2D eigenvalue weighted by Crippen LogP contribution is -2.25. The van der Waals surface area contributed by atoms with Crippen LogP contribution in [0.5, 0.6) is 23.0 Å². The first-order valence-electron chi connectivity index (χ1n) is 15.2. The van der Waals surface area contributed by atoms with Crippen molar-refractivity contribution in [3.05, 3.63) is 101 Å². The molecule has 0 saturated heterocycles. The minimum atomic E-state index is 0.256. The molecule has 44 heavy (non-hydrogen) atoms. The highest BCUT2D eigenvalue weighted by Gasteiger charge is 2.25. The van der Waals surface area contributed by atoms with Crippen molar-refractivity contribution in [2.24, 2.45) is 0 Å². The van der Waals surface area contributed by atoms with Gasteiger partial charge in [-0.3, -0.25) is 4.90 Å². The van der Waals surface area contributed by atoms with Crippen LogP contribution in [0.15, 0.2) is 72.8 Å². The number of unbranched alkanes of at least 4 members (excludes halogenated alkanes) is 1. The third kappa shape index (κ3) is 5.63. The van der Waals surface area contributed by atoms with E-state index < -0.39 is 0 Å². The van der Waals surface area contributed by atoms with Crippen LogP contribution in [0, 0.1) is 13.8 Å². The number of nitrogens with zero attached hydrogens (tertiary/aromatic N) is 5. The predicted molar refractivity (Wildman–Crippen MR) is 167 cm³/mol. The van der Waals surface area contributed by atoms with Gasteiger partial charge in [0.2, 0.25) is 19.5 Å². The Labute approximate surface area is 257 Å². The van der Waals surface area contributed by atoms with E-state index in [1.807, 2.05) is 29.8 Å². The first kappa shape index (κ1) is 28.0. The molecule has 0 atom stereocenters. The first-order chi connectivity index (χ1) is 21.6. The Hall–Kier alpha value is -4.76. The number of ether oxygens (including phenoxy) is 4. The quantitative estimate of drug-likeness (QED) is 0.167. The normalized spacial score (nSPS) is 13.3. The molecule has 0 N–H and O–H groups in total. The summed E-state index contributed by atoms with van der Waals surface area (Å²) in [5.74, 6) is 4.00. The molecule has 9 nitrogen and oxygen atoms in total. The number of imidazole rings is 1. The molecule has 5 aromatic rings. The minimum absolute atomic E-state index is 0.256. The van der Waals surface area contributed by atoms with Gasteiger partial charge in [-0.05, 0) is 61.7 Å². The van der Waals surface area contributed by atoms with Gasteiger partial charge in [0.05, 0.1) is 17.1 Å². The number of fused-ring (bicyclic) bond motifs is 2. The Balaban J connectivity index is 1.32. The van der Waals surface area contributed by atoms with Gasteiger partial charge in [0.15, 0.2) is 23.0 Å². The zero-order valence-electron chi connectivity index (χ0n) is 25.5. The van der Waals surface area contributed by atoms with Crippen LogP contribution in [0.2, 0.25) is 0 Å². The molecule has 9 heteroatoms. The van der Waals surface area contributed by atoms with E-state index in [0.717, 1.165) is 87.8 Å². The van der Waals surface area contributed by atoms with Gasteiger partial charge < -0.3 is 23.5 Å². The number of aromatic nitrogens is 4. The lowest BCUT2D eigenvalue weighted by Gasteiger charge is -2.25. The summed E-state index contributed by atoms with van der Waals surface area (Å²) >= 11 is 0. The molecule has 2 aliphatic rings. The highest BCUT2D eigenvalue weighted by atomic mass is 16.7. The van der Waals surface area contributed by atoms with Crippen molar-refractivity contribution in [1.29, 1.82) is 0 Å². The molecular weight excluding hydrogens is 554 g/mol. The molecule has 4 heterocycles. The summed E-state index contributed by atoms with van der Waals surface area (Å²) in [5, 5.41) is 4.85. The molecule has 0 spiro atoms. The second kappa shape index (κ2) is 12.1. The van der Waals surface area contributed by atoms with Crippen LogP contribution >= 0.6 is 0 Å². The molecule has 0 fully saturated rings. The van der Waals surface area contributed by atoms with E-state index in [1.54, 1.807) is 0 Å². The highest BCUT2D eigenvalue weighted by Crippen LogP contribution is 2.36. The van der Waals surface area contributed by atoms with Gasteiger partial charge in [-0.2, -0.15) is 5.10 Å². The van der Waals surface area contributed by atoms with Crippen molar-refractivity contribution in [1.82, 2.24) is 24.2 Å². The van der Waals surface area contributed by atoms with Gasteiger partial charge in [-0.15, -0.1) is 0 Å². The van der Waals surface area contributed by atoms with E-state index in [9.17, 15) is 0 Å². The summed E-state index contributed by atoms with van der Waals surface area (Å²) in [6, 6.07) is 25.0. The lowest BCUT2D eigenvalue weighted by atomic mass is 10.1. The van der Waals surface area contributed by atoms with Crippen LogP contribution in [0.1, 0.15) is 48.0 Å². The summed E-state index contributed by atoms with van der Waals surface area (Å²) in [7, 11) is 0. The molecular formula is C35H37N5O4. The van der Waals surface area contributed by atoms with Gasteiger partial charge in [-0.25, -0.2) is 9.67 Å². The van der Waals surface area contributed by atoms with Crippen LogP contribution in [-0.4, -0.2) is 37.8 Å². The molecule has 2 aliphatic heterocycles. The van der Waals surface area contributed by atoms with Crippen molar-refractivity contribution >= 4 is 0 Å². The zero-order chi connectivity index (χ0) is 30.0. The Bertz CT molecular complexity index is 1720. The maximum Gasteiger partial charge on any atom is 0.231 e. The zero-order valence-corrected chi connectivity index (χ0v) is 25.5. The first-order valence-corrected chi connectivity index (χ1v) is 15.2. The fourth-order valence-electron chi connectivity index (χ4n) is 5.98. The maximum atomic E-state index is 5.72. The van der Waals surface area contributed by atoms with E-state index in [0.29, 0.717) is 19.6 Å². The Morgan fingerprint density at radius 2 is 1.39 bits per heavy atom. The van der Waals surface area contributed by atoms with E-state index in [4.69, 9.17) is 29.0 Å². The highest BCUT2D eigenvalue weighted by molar-refractivity contribution is 5.63. The van der Waals surface area contributed by atoms with E-state index in [2.05, 4.69) is 77.9 Å². The fourth-order valence-corrected chi connectivity index (χ4v) is 5.98. The number of benzene rings is 3. The predicted octanol–water partition coefficient (Wildman–Crippen LogP) is 6.81. The van der Waals surface area contributed by atoms with Gasteiger partial charge in [0, 0.05) is 37.4 Å². The molecule has 2 aromatic heterocycles. The Morgan fingerprint density at radius 1 is 0.750 bits per heavy atom. The summed E-state index contributed by atoms with van der Waals surface area (Å²) in [6.07, 6.45) is 2.11.